The summed E-state index contributed by atoms with van der Waals surface area (Å²) in [6, 6.07) is 7.52. The third-order valence-electron chi connectivity index (χ3n) is 5.11. The number of likely N-dealkylation sites (tertiary alicyclic amines) is 1. The largest absolute Gasteiger partial charge is 0.465 e. The molecule has 1 heterocycles. The average Bonchev–Trinajstić information content (AvgIpc) is 2.89. The Morgan fingerprint density at radius 2 is 1.91 bits per heavy atom. The van der Waals surface area contributed by atoms with Gasteiger partial charge in [-0.2, -0.15) is 0 Å². The Morgan fingerprint density at radius 3 is 2.68 bits per heavy atom. The van der Waals surface area contributed by atoms with E-state index in [1.165, 1.54) is 26.4 Å². The third kappa shape index (κ3) is 2.62. The molecular weight excluding hydrogens is 278 g/mol. The molecule has 1 aromatic carbocycles. The van der Waals surface area contributed by atoms with Crippen LogP contribution in [0.3, 0.4) is 0 Å². The summed E-state index contributed by atoms with van der Waals surface area (Å²) < 4.78 is 4.74. The molecule has 22 heavy (non-hydrogen) atoms. The second-order valence-corrected chi connectivity index (χ2v) is 6.48. The van der Waals surface area contributed by atoms with Gasteiger partial charge in [0, 0.05) is 17.6 Å². The van der Waals surface area contributed by atoms with Gasteiger partial charge in [0.25, 0.3) is 5.91 Å². The number of carbonyl (C=O) groups is 2. The van der Waals surface area contributed by atoms with E-state index in [2.05, 4.69) is 11.8 Å². The smallest absolute Gasteiger partial charge is 0.337 e. The SMILES string of the molecule is COC(=O)c1cccc(C(=O)N2C(C)CC3CCCCC32)c1. The Hall–Kier alpha value is -1.84. The minimum atomic E-state index is -0.403. The topological polar surface area (TPSA) is 46.6 Å². The summed E-state index contributed by atoms with van der Waals surface area (Å²) in [5, 5.41) is 0. The fraction of sp³-hybridized carbons (Fsp3) is 0.556. The molecule has 4 heteroatoms. The molecule has 1 amide bonds. The Morgan fingerprint density at radius 1 is 1.18 bits per heavy atom. The normalized spacial score (nSPS) is 27.4. The summed E-state index contributed by atoms with van der Waals surface area (Å²) in [4.78, 5) is 26.7. The summed E-state index contributed by atoms with van der Waals surface area (Å²) in [7, 11) is 1.35. The first-order chi connectivity index (χ1) is 10.6. The zero-order chi connectivity index (χ0) is 15.7. The van der Waals surface area contributed by atoms with Crippen LogP contribution in [0.4, 0.5) is 0 Å². The van der Waals surface area contributed by atoms with Gasteiger partial charge in [-0.15, -0.1) is 0 Å². The van der Waals surface area contributed by atoms with Gasteiger partial charge in [-0.25, -0.2) is 4.79 Å². The number of amides is 1. The molecule has 0 spiro atoms. The maximum absolute atomic E-state index is 12.9. The molecule has 4 nitrogen and oxygen atoms in total. The summed E-state index contributed by atoms with van der Waals surface area (Å²) in [6.45, 7) is 2.14. The molecule has 1 aromatic rings. The van der Waals surface area contributed by atoms with Crippen LogP contribution in [0.1, 0.15) is 59.7 Å². The Labute approximate surface area is 131 Å². The number of nitrogens with zero attached hydrogens (tertiary/aromatic N) is 1. The first kappa shape index (κ1) is 15.1. The molecule has 1 saturated carbocycles. The first-order valence-corrected chi connectivity index (χ1v) is 8.13. The lowest BCUT2D eigenvalue weighted by Crippen LogP contribution is -2.42. The van der Waals surface area contributed by atoms with Gasteiger partial charge in [0.05, 0.1) is 12.7 Å². The number of fused-ring (bicyclic) bond motifs is 1. The van der Waals surface area contributed by atoms with Crippen molar-refractivity contribution in [2.24, 2.45) is 5.92 Å². The van der Waals surface area contributed by atoms with Crippen molar-refractivity contribution in [2.45, 2.75) is 51.1 Å². The molecule has 2 fully saturated rings. The molecule has 0 aromatic heterocycles. The quantitative estimate of drug-likeness (QED) is 0.788. The molecule has 1 saturated heterocycles. The van der Waals surface area contributed by atoms with Crippen LogP contribution in [0.5, 0.6) is 0 Å². The van der Waals surface area contributed by atoms with Crippen LogP contribution in [0, 0.1) is 5.92 Å². The number of rotatable bonds is 2. The zero-order valence-electron chi connectivity index (χ0n) is 13.2. The molecular formula is C18H23NO3. The van der Waals surface area contributed by atoms with Gasteiger partial charge in [0.15, 0.2) is 0 Å². The second-order valence-electron chi connectivity index (χ2n) is 6.48. The van der Waals surface area contributed by atoms with Crippen LogP contribution in [0.15, 0.2) is 24.3 Å². The monoisotopic (exact) mass is 301 g/mol. The van der Waals surface area contributed by atoms with Gasteiger partial charge in [0.1, 0.15) is 0 Å². The lowest BCUT2D eigenvalue weighted by Gasteiger charge is -2.33. The number of benzene rings is 1. The van der Waals surface area contributed by atoms with E-state index in [4.69, 9.17) is 4.74 Å². The Bertz CT molecular complexity index is 583. The number of carbonyl (C=O) groups excluding carboxylic acids is 2. The van der Waals surface area contributed by atoms with Gasteiger partial charge < -0.3 is 9.64 Å². The van der Waals surface area contributed by atoms with Gasteiger partial charge in [-0.05, 0) is 50.3 Å². The van der Waals surface area contributed by atoms with Crippen LogP contribution in [0.25, 0.3) is 0 Å². The number of ether oxygens (including phenoxy) is 1. The van der Waals surface area contributed by atoms with Crippen LogP contribution in [-0.2, 0) is 4.74 Å². The van der Waals surface area contributed by atoms with E-state index in [-0.39, 0.29) is 11.9 Å². The number of hydrogen-bond donors (Lipinski definition) is 0. The highest BCUT2D eigenvalue weighted by molar-refractivity contribution is 5.98. The van der Waals surface area contributed by atoms with Crippen molar-refractivity contribution in [2.75, 3.05) is 7.11 Å². The van der Waals surface area contributed by atoms with E-state index in [0.717, 1.165) is 12.8 Å². The highest BCUT2D eigenvalue weighted by Gasteiger charge is 2.42. The minimum Gasteiger partial charge on any atom is -0.465 e. The molecule has 0 radical (unpaired) electrons. The third-order valence-corrected chi connectivity index (χ3v) is 5.11. The molecule has 3 unspecified atom stereocenters. The van der Waals surface area contributed by atoms with E-state index in [1.54, 1.807) is 24.3 Å². The molecule has 3 rings (SSSR count). The predicted molar refractivity (Wildman–Crippen MR) is 83.8 cm³/mol. The lowest BCUT2D eigenvalue weighted by atomic mass is 9.85. The van der Waals surface area contributed by atoms with Crippen molar-refractivity contribution in [3.63, 3.8) is 0 Å². The van der Waals surface area contributed by atoms with Crippen molar-refractivity contribution < 1.29 is 14.3 Å². The fourth-order valence-electron chi connectivity index (χ4n) is 4.10. The highest BCUT2D eigenvalue weighted by atomic mass is 16.5. The molecule has 0 bridgehead atoms. The fourth-order valence-corrected chi connectivity index (χ4v) is 4.10. The maximum Gasteiger partial charge on any atom is 0.337 e. The molecule has 1 aliphatic heterocycles. The average molecular weight is 301 g/mol. The van der Waals surface area contributed by atoms with Crippen molar-refractivity contribution in [1.82, 2.24) is 4.90 Å². The van der Waals surface area contributed by atoms with Crippen LogP contribution >= 0.6 is 0 Å². The van der Waals surface area contributed by atoms with Crippen molar-refractivity contribution in [3.8, 4) is 0 Å². The molecule has 3 atom stereocenters. The molecule has 1 aliphatic carbocycles. The van der Waals surface area contributed by atoms with Crippen molar-refractivity contribution >= 4 is 11.9 Å². The van der Waals surface area contributed by atoms with Gasteiger partial charge in [-0.3, -0.25) is 4.79 Å². The Balaban J connectivity index is 1.85. The van der Waals surface area contributed by atoms with Gasteiger partial charge in [0.2, 0.25) is 0 Å². The van der Waals surface area contributed by atoms with Crippen molar-refractivity contribution in [3.05, 3.63) is 35.4 Å². The summed E-state index contributed by atoms with van der Waals surface area (Å²) >= 11 is 0. The molecule has 2 aliphatic rings. The first-order valence-electron chi connectivity index (χ1n) is 8.13. The minimum absolute atomic E-state index is 0.0488. The van der Waals surface area contributed by atoms with Crippen LogP contribution < -0.4 is 0 Å². The number of esters is 1. The van der Waals surface area contributed by atoms with Gasteiger partial charge in [-0.1, -0.05) is 18.9 Å². The summed E-state index contributed by atoms with van der Waals surface area (Å²) in [5.74, 6) is 0.295. The molecule has 118 valence electrons. The van der Waals surface area contributed by atoms with E-state index in [1.807, 2.05) is 0 Å². The van der Waals surface area contributed by atoms with E-state index < -0.39 is 5.97 Å². The number of hydrogen-bond acceptors (Lipinski definition) is 3. The van der Waals surface area contributed by atoms with E-state index in [0.29, 0.717) is 23.1 Å². The highest BCUT2D eigenvalue weighted by Crippen LogP contribution is 2.40. The summed E-state index contributed by atoms with van der Waals surface area (Å²) in [5.41, 5.74) is 1.02. The number of methoxy groups -OCH3 is 1. The zero-order valence-corrected chi connectivity index (χ0v) is 13.2. The van der Waals surface area contributed by atoms with Crippen LogP contribution in [-0.4, -0.2) is 36.0 Å². The Kier molecular flexibility index (Phi) is 4.19. The van der Waals surface area contributed by atoms with Gasteiger partial charge >= 0.3 is 5.97 Å². The second kappa shape index (κ2) is 6.11. The predicted octanol–water partition coefficient (Wildman–Crippen LogP) is 3.27. The molecule has 0 N–H and O–H groups in total. The standard InChI is InChI=1S/C18H23NO3/c1-12-10-13-6-3-4-9-16(13)19(12)17(20)14-7-5-8-15(11-14)18(21)22-2/h5,7-8,11-13,16H,3-4,6,9-10H2,1-2H3. The lowest BCUT2D eigenvalue weighted by molar-refractivity contribution is 0.0600. The van der Waals surface area contributed by atoms with Crippen LogP contribution in [0.2, 0.25) is 0 Å². The van der Waals surface area contributed by atoms with E-state index in [9.17, 15) is 9.59 Å². The maximum atomic E-state index is 12.9. The van der Waals surface area contributed by atoms with Crippen molar-refractivity contribution in [1.29, 1.82) is 0 Å². The van der Waals surface area contributed by atoms with E-state index >= 15 is 0 Å². The summed E-state index contributed by atoms with van der Waals surface area (Å²) in [6.07, 6.45) is 5.94.